The van der Waals surface area contributed by atoms with Gasteiger partial charge >= 0.3 is 5.95 Å². The van der Waals surface area contributed by atoms with E-state index in [-0.39, 0.29) is 23.7 Å². The van der Waals surface area contributed by atoms with Crippen LogP contribution in [0.5, 0.6) is 0 Å². The number of rotatable bonds is 4. The van der Waals surface area contributed by atoms with Crippen molar-refractivity contribution in [3.05, 3.63) is 24.6 Å². The van der Waals surface area contributed by atoms with Gasteiger partial charge in [0.2, 0.25) is 5.95 Å². The van der Waals surface area contributed by atoms with Crippen LogP contribution in [-0.4, -0.2) is 66.6 Å². The van der Waals surface area contributed by atoms with Crippen molar-refractivity contribution in [1.29, 1.82) is 0 Å². The van der Waals surface area contributed by atoms with Crippen molar-refractivity contribution >= 4 is 17.7 Å². The number of H-pyrrole nitrogens is 1. The van der Waals surface area contributed by atoms with Crippen LogP contribution >= 0.6 is 0 Å². The predicted octanol–water partition coefficient (Wildman–Crippen LogP) is 0.864. The molecule has 9 nitrogen and oxygen atoms in total. The summed E-state index contributed by atoms with van der Waals surface area (Å²) in [6, 6.07) is 2.26. The molecule has 2 aliphatic heterocycles. The fourth-order valence-corrected chi connectivity index (χ4v) is 3.70. The molecule has 4 rings (SSSR count). The summed E-state index contributed by atoms with van der Waals surface area (Å²) in [5.74, 6) is 1.61. The Morgan fingerprint density at radius 1 is 1.13 bits per heavy atom. The molecule has 2 atom stereocenters. The summed E-state index contributed by atoms with van der Waals surface area (Å²) in [4.78, 5) is 20.7. The number of nitrogen functional groups attached to an aromatic ring is 1. The summed E-state index contributed by atoms with van der Waals surface area (Å²) >= 11 is 0. The van der Waals surface area contributed by atoms with E-state index in [4.69, 9.17) is 20.2 Å². The summed E-state index contributed by atoms with van der Waals surface area (Å²) in [6.45, 7) is 8.63. The van der Waals surface area contributed by atoms with E-state index in [1.54, 1.807) is 0 Å². The molecule has 0 bridgehead atoms. The summed E-state index contributed by atoms with van der Waals surface area (Å²) in [5.41, 5.74) is 6.81. The van der Waals surface area contributed by atoms with Gasteiger partial charge in [-0.05, 0) is 26.7 Å². The molecule has 168 valence electrons. The number of hydrogen-bond acceptors (Lipinski definition) is 8. The van der Waals surface area contributed by atoms with Gasteiger partial charge in [-0.2, -0.15) is 0 Å². The maximum absolute atomic E-state index is 13.5. The third-order valence-corrected chi connectivity index (χ3v) is 5.27. The molecule has 3 N–H and O–H groups in total. The van der Waals surface area contributed by atoms with Crippen LogP contribution in [0.4, 0.5) is 22.1 Å². The molecule has 2 saturated heterocycles. The standard InChI is InChI=1S/C19H25FN7O2.Fm/c1-12-10-28-5-3-26(12)17-7-15(14-9-22-18(21)23-16(14)8-20)24-19(25-17)27-4-6-29-11-13(27)2;/h7-9,12-13H,3-6,10-11H2,1-2H3,(H2,21,22,23);/q-1;/p+1/t12-,13-;/m0./s1. The van der Waals surface area contributed by atoms with Crippen LogP contribution in [0.3, 0.4) is 0 Å². The molecule has 11 heteroatoms. The van der Waals surface area contributed by atoms with Gasteiger partial charge in [0.05, 0.1) is 57.3 Å². The van der Waals surface area contributed by atoms with Gasteiger partial charge in [-0.15, -0.1) is 4.98 Å². The molecule has 30 heavy (non-hydrogen) atoms. The summed E-state index contributed by atoms with van der Waals surface area (Å²) < 4.78 is 24.7. The molecule has 2 aliphatic rings. The van der Waals surface area contributed by atoms with E-state index in [1.807, 2.05) is 6.07 Å². The number of anilines is 3. The molecule has 2 aromatic heterocycles. The molecule has 0 spiro atoms. The fourth-order valence-electron chi connectivity index (χ4n) is 3.70. The van der Waals surface area contributed by atoms with Crippen LogP contribution in [0.1, 0.15) is 19.5 Å². The first-order valence-electron chi connectivity index (χ1n) is 9.76. The molecule has 0 aliphatic carbocycles. The predicted molar refractivity (Wildman–Crippen MR) is 106 cm³/mol. The normalized spacial score (nSPS) is 21.8. The minimum absolute atomic E-state index is 0. The van der Waals surface area contributed by atoms with Gasteiger partial charge in [-0.3, -0.25) is 4.90 Å². The van der Waals surface area contributed by atoms with E-state index in [0.717, 1.165) is 12.4 Å². The summed E-state index contributed by atoms with van der Waals surface area (Å²) in [6.07, 6.45) is 1.51. The van der Waals surface area contributed by atoms with Crippen LogP contribution in [-0.2, 0) is 9.47 Å². The Hall–Kier alpha value is -3.72. The van der Waals surface area contributed by atoms with Crippen LogP contribution in [0.25, 0.3) is 11.3 Å². The SMILES string of the molecule is C[C@H]1COCCN1c1cc(-c2cnc(N)nc2[CH-]F)nc(N2CCOC[C@@H]2C)[nH+]1.[Fm]. The zero-order chi connectivity index (χ0) is 20.4. The number of hydrogen-bond donors (Lipinski definition) is 1. The zero-order valence-electron chi connectivity index (χ0n) is 16.9. The zero-order valence-corrected chi connectivity index (χ0v) is 19.3. The number of nitrogens with one attached hydrogen (secondary N) is 1. The van der Waals surface area contributed by atoms with Crippen LogP contribution in [0.2, 0.25) is 0 Å². The second kappa shape index (κ2) is 8.75. The van der Waals surface area contributed by atoms with E-state index < -0.39 is 0 Å². The van der Waals surface area contributed by atoms with Crippen LogP contribution in [0, 0.1) is 6.67 Å². The van der Waals surface area contributed by atoms with Crippen molar-refractivity contribution in [3.8, 4) is 11.3 Å². The molecule has 0 unspecified atom stereocenters. The van der Waals surface area contributed by atoms with Gasteiger partial charge in [-0.1, -0.05) is 11.3 Å². The third-order valence-electron chi connectivity index (χ3n) is 5.27. The molecule has 2 aromatic rings. The monoisotopic (exact) mass is 660 g/mol. The second-order valence-corrected chi connectivity index (χ2v) is 7.35. The molecule has 0 saturated carbocycles. The molecule has 4 heterocycles. The molecule has 2 fully saturated rings. The topological polar surface area (TPSA) is 104 Å². The number of ether oxygens (including phenoxy) is 2. The van der Waals surface area contributed by atoms with Gasteiger partial charge in [-0.25, -0.2) is 15.0 Å². The minimum atomic E-state index is 0. The summed E-state index contributed by atoms with van der Waals surface area (Å²) in [7, 11) is 0. The van der Waals surface area contributed by atoms with E-state index in [2.05, 4.69) is 38.6 Å². The third kappa shape index (κ3) is 4.01. The quantitative estimate of drug-likeness (QED) is 0.483. The van der Waals surface area contributed by atoms with E-state index in [0.29, 0.717) is 56.9 Å². The van der Waals surface area contributed by atoms with E-state index >= 15 is 0 Å². The fraction of sp³-hybridized carbons (Fsp3) is 0.526. The Kier molecular flexibility index (Phi) is 6.12. The number of halogens is 1. The minimum Gasteiger partial charge on any atom is -0.375 e. The molecular weight excluding hydrogens is 634 g/mol. The van der Waals surface area contributed by atoms with Crippen LogP contribution < -0.4 is 20.5 Å². The molecular formula is C19H26FFmN7O2. The van der Waals surface area contributed by atoms with E-state index in [9.17, 15) is 4.39 Å². The Balaban J connectivity index is 0.00000256. The van der Waals surface area contributed by atoms with Crippen molar-refractivity contribution < 1.29 is 18.8 Å². The average molecular weight is 660 g/mol. The Labute approximate surface area is 169 Å². The van der Waals surface area contributed by atoms with Gasteiger partial charge in [0.15, 0.2) is 5.82 Å². The number of nitrogens with zero attached hydrogens (tertiary/aromatic N) is 5. The van der Waals surface area contributed by atoms with Crippen molar-refractivity contribution in [1.82, 2.24) is 15.0 Å². The number of morpholine rings is 2. The Morgan fingerprint density at radius 2 is 1.80 bits per heavy atom. The van der Waals surface area contributed by atoms with Gasteiger partial charge in [0, 0.05) is 6.07 Å². The largest absolute Gasteiger partial charge is 0.375 e. The van der Waals surface area contributed by atoms with Crippen LogP contribution in [0.15, 0.2) is 12.3 Å². The molecule has 0 radical (unpaired) electrons. The second-order valence-electron chi connectivity index (χ2n) is 7.35. The average Bonchev–Trinajstić information content (AvgIpc) is 2.74. The first-order valence-corrected chi connectivity index (χ1v) is 9.76. The smallest absolute Gasteiger partial charge is 0.346 e. The Bertz CT molecular complexity index is 835. The van der Waals surface area contributed by atoms with Crippen molar-refractivity contribution in [3.63, 3.8) is 0 Å². The van der Waals surface area contributed by atoms with Crippen molar-refractivity contribution in [2.45, 2.75) is 25.9 Å². The summed E-state index contributed by atoms with van der Waals surface area (Å²) in [5, 5.41) is 0. The number of aromatic amines is 1. The first kappa shape index (κ1) is 21.0. The van der Waals surface area contributed by atoms with Crippen molar-refractivity contribution in [2.75, 3.05) is 55.1 Å². The van der Waals surface area contributed by atoms with Gasteiger partial charge in [0.25, 0.3) is 0 Å². The van der Waals surface area contributed by atoms with Crippen molar-refractivity contribution in [2.24, 2.45) is 0 Å². The van der Waals surface area contributed by atoms with Gasteiger partial charge in [0.1, 0.15) is 0 Å². The molecule has 0 aromatic carbocycles. The van der Waals surface area contributed by atoms with E-state index in [1.165, 1.54) is 6.20 Å². The Morgan fingerprint density at radius 3 is 2.43 bits per heavy atom. The first-order chi connectivity index (χ1) is 14.1. The maximum Gasteiger partial charge on any atom is 0.346 e. The molecule has 0 amide bonds. The maximum atomic E-state index is 13.5. The number of aromatic nitrogens is 4. The van der Waals surface area contributed by atoms with Gasteiger partial charge < -0.3 is 24.5 Å². The number of nitrogens with two attached hydrogens (primary N) is 1.